The van der Waals surface area contributed by atoms with Gasteiger partial charge < -0.3 is 19.2 Å². The number of rotatable bonds is 7. The molecule has 0 saturated carbocycles. The monoisotopic (exact) mass is 401 g/mol. The number of pyridine rings is 1. The van der Waals surface area contributed by atoms with E-state index in [2.05, 4.69) is 25.5 Å². The van der Waals surface area contributed by atoms with Gasteiger partial charge in [0.1, 0.15) is 6.61 Å². The molecule has 0 radical (unpaired) electrons. The van der Waals surface area contributed by atoms with Gasteiger partial charge in [0, 0.05) is 42.7 Å². The van der Waals surface area contributed by atoms with E-state index in [1.807, 2.05) is 41.1 Å². The number of anilines is 2. The Morgan fingerprint density at radius 3 is 2.93 bits per heavy atom. The number of hydrogen-bond acceptors (Lipinski definition) is 7. The number of nitrogens with zero attached hydrogens (tertiary/aromatic N) is 5. The smallest absolute Gasteiger partial charge is 0.213 e. The van der Waals surface area contributed by atoms with E-state index < -0.39 is 0 Å². The summed E-state index contributed by atoms with van der Waals surface area (Å²) < 4.78 is 12.4. The summed E-state index contributed by atoms with van der Waals surface area (Å²) in [5, 5.41) is 11.5. The molecule has 5 aromatic rings. The standard InChI is InChI=1S/C21H19N7O2/c1-29-8-9-30-19-5-4-16(12-23-19)25-20-21-22-6-7-28(21)13-18(26-20)14-2-3-15-11-24-27-17(15)10-14/h2-7,10-13H,8-9H2,1H3,(H,24,27)(H,25,26). The van der Waals surface area contributed by atoms with Crippen LogP contribution < -0.4 is 10.1 Å². The van der Waals surface area contributed by atoms with Crippen LogP contribution in [-0.2, 0) is 4.74 Å². The van der Waals surface area contributed by atoms with Gasteiger partial charge in [-0.05, 0) is 12.1 Å². The molecule has 0 amide bonds. The van der Waals surface area contributed by atoms with Crippen LogP contribution in [0.5, 0.6) is 5.88 Å². The Bertz CT molecular complexity index is 1290. The number of hydrogen-bond donors (Lipinski definition) is 2. The summed E-state index contributed by atoms with van der Waals surface area (Å²) >= 11 is 0. The highest BCUT2D eigenvalue weighted by atomic mass is 16.5. The fraction of sp³-hybridized carbons (Fsp3) is 0.143. The maximum absolute atomic E-state index is 5.51. The SMILES string of the molecule is COCCOc1ccc(Nc2nc(-c3ccc4cn[nH]c4c3)cn3ccnc23)cn1. The van der Waals surface area contributed by atoms with E-state index in [4.69, 9.17) is 14.5 Å². The van der Waals surface area contributed by atoms with Crippen LogP contribution in [0.15, 0.2) is 61.3 Å². The van der Waals surface area contributed by atoms with Gasteiger partial charge in [-0.1, -0.05) is 12.1 Å². The predicted octanol–water partition coefficient (Wildman–Crippen LogP) is 3.44. The third-order valence-electron chi connectivity index (χ3n) is 4.65. The molecule has 150 valence electrons. The van der Waals surface area contributed by atoms with E-state index in [1.165, 1.54) is 0 Å². The molecule has 0 aliphatic heterocycles. The van der Waals surface area contributed by atoms with Gasteiger partial charge in [0.25, 0.3) is 0 Å². The lowest BCUT2D eigenvalue weighted by Crippen LogP contribution is -2.05. The van der Waals surface area contributed by atoms with Crippen molar-refractivity contribution in [1.82, 2.24) is 29.5 Å². The van der Waals surface area contributed by atoms with E-state index in [0.717, 1.165) is 33.5 Å². The van der Waals surface area contributed by atoms with E-state index >= 15 is 0 Å². The molecule has 4 aromatic heterocycles. The minimum Gasteiger partial charge on any atom is -0.475 e. The molecule has 9 heteroatoms. The highest BCUT2D eigenvalue weighted by Crippen LogP contribution is 2.26. The van der Waals surface area contributed by atoms with Crippen molar-refractivity contribution < 1.29 is 9.47 Å². The summed E-state index contributed by atoms with van der Waals surface area (Å²) in [4.78, 5) is 13.5. The Morgan fingerprint density at radius 1 is 1.10 bits per heavy atom. The number of benzene rings is 1. The molecule has 30 heavy (non-hydrogen) atoms. The van der Waals surface area contributed by atoms with E-state index in [0.29, 0.717) is 24.9 Å². The normalized spacial score (nSPS) is 11.2. The summed E-state index contributed by atoms with van der Waals surface area (Å²) in [6, 6.07) is 9.77. The van der Waals surface area contributed by atoms with E-state index in [1.54, 1.807) is 31.8 Å². The molecule has 0 aliphatic carbocycles. The number of methoxy groups -OCH3 is 1. The fourth-order valence-electron chi connectivity index (χ4n) is 3.16. The molecule has 0 spiro atoms. The van der Waals surface area contributed by atoms with Crippen LogP contribution >= 0.6 is 0 Å². The van der Waals surface area contributed by atoms with Gasteiger partial charge in [0.05, 0.1) is 35.9 Å². The van der Waals surface area contributed by atoms with Crippen molar-refractivity contribution in [2.45, 2.75) is 0 Å². The van der Waals surface area contributed by atoms with Crippen LogP contribution in [0, 0.1) is 0 Å². The summed E-state index contributed by atoms with van der Waals surface area (Å²) in [5.41, 5.74) is 4.26. The van der Waals surface area contributed by atoms with Crippen molar-refractivity contribution in [1.29, 1.82) is 0 Å². The Balaban J connectivity index is 1.46. The van der Waals surface area contributed by atoms with Crippen molar-refractivity contribution in [3.63, 3.8) is 0 Å². The number of H-pyrrole nitrogens is 1. The average Bonchev–Trinajstić information content (AvgIpc) is 3.44. The van der Waals surface area contributed by atoms with E-state index in [9.17, 15) is 0 Å². The van der Waals surface area contributed by atoms with Gasteiger partial charge >= 0.3 is 0 Å². The summed E-state index contributed by atoms with van der Waals surface area (Å²) in [6.45, 7) is 0.968. The second kappa shape index (κ2) is 7.80. The second-order valence-electron chi connectivity index (χ2n) is 6.66. The van der Waals surface area contributed by atoms with Gasteiger partial charge in [-0.15, -0.1) is 0 Å². The Kier molecular flexibility index (Phi) is 4.70. The largest absolute Gasteiger partial charge is 0.475 e. The second-order valence-corrected chi connectivity index (χ2v) is 6.66. The summed E-state index contributed by atoms with van der Waals surface area (Å²) in [5.74, 6) is 1.18. The van der Waals surface area contributed by atoms with Crippen LogP contribution in [0.25, 0.3) is 27.8 Å². The molecule has 0 aliphatic rings. The molecule has 9 nitrogen and oxygen atoms in total. The first-order chi connectivity index (χ1) is 14.8. The third-order valence-corrected chi connectivity index (χ3v) is 4.65. The molecule has 0 bridgehead atoms. The van der Waals surface area contributed by atoms with Crippen molar-refractivity contribution in [3.8, 4) is 17.1 Å². The number of ether oxygens (including phenoxy) is 2. The van der Waals surface area contributed by atoms with Gasteiger partial charge in [0.2, 0.25) is 5.88 Å². The zero-order valence-corrected chi connectivity index (χ0v) is 16.2. The van der Waals surface area contributed by atoms with Crippen LogP contribution in [0.1, 0.15) is 0 Å². The maximum atomic E-state index is 5.51. The minimum absolute atomic E-state index is 0.454. The predicted molar refractivity (Wildman–Crippen MR) is 113 cm³/mol. The van der Waals surface area contributed by atoms with Gasteiger partial charge in [0.15, 0.2) is 11.5 Å². The molecule has 0 atom stereocenters. The Labute approximate surface area is 171 Å². The van der Waals surface area contributed by atoms with Crippen LogP contribution in [0.3, 0.4) is 0 Å². The number of aromatic nitrogens is 6. The molecule has 1 aromatic carbocycles. The highest BCUT2D eigenvalue weighted by molar-refractivity contribution is 5.83. The van der Waals surface area contributed by atoms with Crippen LogP contribution in [0.2, 0.25) is 0 Å². The van der Waals surface area contributed by atoms with Crippen molar-refractivity contribution >= 4 is 28.1 Å². The van der Waals surface area contributed by atoms with Gasteiger partial charge in [-0.3, -0.25) is 5.10 Å². The molecule has 5 rings (SSSR count). The first-order valence-electron chi connectivity index (χ1n) is 9.42. The molecule has 0 saturated heterocycles. The lowest BCUT2D eigenvalue weighted by molar-refractivity contribution is 0.144. The number of fused-ring (bicyclic) bond motifs is 2. The number of imidazole rings is 1. The molecule has 0 unspecified atom stereocenters. The van der Waals surface area contributed by atoms with Crippen LogP contribution in [-0.4, -0.2) is 49.9 Å². The summed E-state index contributed by atoms with van der Waals surface area (Å²) in [7, 11) is 1.63. The van der Waals surface area contributed by atoms with E-state index in [-0.39, 0.29) is 0 Å². The molecular formula is C21H19N7O2. The third kappa shape index (κ3) is 3.53. The number of aromatic amines is 1. The first kappa shape index (κ1) is 18.1. The zero-order valence-electron chi connectivity index (χ0n) is 16.2. The topological polar surface area (TPSA) is 102 Å². The zero-order chi connectivity index (χ0) is 20.3. The minimum atomic E-state index is 0.454. The van der Waals surface area contributed by atoms with Gasteiger partial charge in [-0.2, -0.15) is 5.10 Å². The maximum Gasteiger partial charge on any atom is 0.213 e. The fourth-order valence-corrected chi connectivity index (χ4v) is 3.16. The highest BCUT2D eigenvalue weighted by Gasteiger charge is 2.11. The van der Waals surface area contributed by atoms with Gasteiger partial charge in [-0.25, -0.2) is 15.0 Å². The lowest BCUT2D eigenvalue weighted by atomic mass is 10.1. The molecule has 2 N–H and O–H groups in total. The van der Waals surface area contributed by atoms with Crippen molar-refractivity contribution in [2.24, 2.45) is 0 Å². The molecular weight excluding hydrogens is 382 g/mol. The van der Waals surface area contributed by atoms with Crippen molar-refractivity contribution in [3.05, 3.63) is 61.3 Å². The Morgan fingerprint density at radius 2 is 2.07 bits per heavy atom. The first-order valence-corrected chi connectivity index (χ1v) is 9.42. The lowest BCUT2D eigenvalue weighted by Gasteiger charge is -2.11. The van der Waals surface area contributed by atoms with Crippen molar-refractivity contribution in [2.75, 3.05) is 25.6 Å². The Hall–Kier alpha value is -3.98. The molecule has 4 heterocycles. The van der Waals surface area contributed by atoms with Crippen LogP contribution in [0.4, 0.5) is 11.5 Å². The number of nitrogens with one attached hydrogen (secondary N) is 2. The average molecular weight is 401 g/mol. The molecule has 0 fully saturated rings. The summed E-state index contributed by atoms with van der Waals surface area (Å²) in [6.07, 6.45) is 9.09. The quantitative estimate of drug-likeness (QED) is 0.403.